The number of nitrogens with one attached hydrogen (secondary N) is 2. The van der Waals surface area contributed by atoms with Gasteiger partial charge < -0.3 is 25.2 Å². The number of benzene rings is 2. The van der Waals surface area contributed by atoms with E-state index < -0.39 is 0 Å². The summed E-state index contributed by atoms with van der Waals surface area (Å²) < 4.78 is 5.68. The summed E-state index contributed by atoms with van der Waals surface area (Å²) in [4.78, 5) is 42.1. The first-order valence-corrected chi connectivity index (χ1v) is 15.8. The van der Waals surface area contributed by atoms with Gasteiger partial charge in [-0.25, -0.2) is 4.98 Å². The molecular weight excluding hydrogens is 554 g/mol. The molecule has 6 rings (SSSR count). The van der Waals surface area contributed by atoms with Gasteiger partial charge in [-0.15, -0.1) is 0 Å². The lowest BCUT2D eigenvalue weighted by molar-refractivity contribution is -0.121. The van der Waals surface area contributed by atoms with Gasteiger partial charge in [0.2, 0.25) is 11.9 Å². The lowest BCUT2D eigenvalue weighted by Crippen LogP contribution is -2.44. The second-order valence-electron chi connectivity index (χ2n) is 12.3. The summed E-state index contributed by atoms with van der Waals surface area (Å²) in [6.07, 6.45) is 8.14. The molecule has 3 heterocycles. The number of methoxy groups -OCH3 is 1. The van der Waals surface area contributed by atoms with E-state index in [9.17, 15) is 9.59 Å². The van der Waals surface area contributed by atoms with Crippen molar-refractivity contribution in [2.75, 3.05) is 48.9 Å². The molecule has 1 saturated heterocycles. The molecule has 1 aliphatic carbocycles. The number of likely N-dealkylation sites (tertiary alicyclic amines) is 1. The topological polar surface area (TPSA) is 103 Å². The Kier molecular flexibility index (Phi) is 8.97. The number of hydrogen-bond acceptors (Lipinski definition) is 8. The molecule has 2 aromatic carbocycles. The number of amides is 2. The van der Waals surface area contributed by atoms with Crippen molar-refractivity contribution in [1.82, 2.24) is 20.2 Å². The van der Waals surface area contributed by atoms with Gasteiger partial charge in [0.15, 0.2) is 5.82 Å². The number of hydrogen-bond donors (Lipinski definition) is 2. The fourth-order valence-corrected chi connectivity index (χ4v) is 6.72. The lowest BCUT2D eigenvalue weighted by atomic mass is 10.0. The van der Waals surface area contributed by atoms with Crippen LogP contribution in [0, 0.1) is 5.92 Å². The Morgan fingerprint density at radius 3 is 2.52 bits per heavy atom. The van der Waals surface area contributed by atoms with E-state index in [0.717, 1.165) is 56.8 Å². The first-order valence-electron chi connectivity index (χ1n) is 15.8. The molecule has 10 heteroatoms. The van der Waals surface area contributed by atoms with Crippen LogP contribution in [0.2, 0.25) is 0 Å². The maximum absolute atomic E-state index is 13.2. The van der Waals surface area contributed by atoms with E-state index in [1.165, 1.54) is 18.4 Å². The number of aromatic nitrogens is 2. The zero-order valence-electron chi connectivity index (χ0n) is 26.0. The van der Waals surface area contributed by atoms with Crippen molar-refractivity contribution in [1.29, 1.82) is 0 Å². The summed E-state index contributed by atoms with van der Waals surface area (Å²) in [7, 11) is 3.39. The number of anilines is 4. The molecule has 0 radical (unpaired) electrons. The standard InChI is InChI=1S/C34H43N7O3/c1-23-21-41(27-11-7-8-12-27)31-29(39(2)33(23)43)20-35-34(38-31)37-28-14-13-25(19-30(28)44-3)32(42)36-26-15-17-40(18-16-26)22-24-9-5-4-6-10-24/h4-6,9-10,13-14,19-20,23,26-27H,7-8,11-12,15-18,21-22H2,1-3H3,(H,36,42)(H,35,37,38). The molecule has 3 aromatic rings. The maximum atomic E-state index is 13.2. The monoisotopic (exact) mass is 597 g/mol. The van der Waals surface area contributed by atoms with Gasteiger partial charge in [-0.2, -0.15) is 4.98 Å². The van der Waals surface area contributed by atoms with Crippen LogP contribution in [0.3, 0.4) is 0 Å². The van der Waals surface area contributed by atoms with Crippen molar-refractivity contribution in [3.63, 3.8) is 0 Å². The molecule has 1 atom stereocenters. The molecule has 0 spiro atoms. The fraction of sp³-hybridized carbons (Fsp3) is 0.471. The predicted molar refractivity (Wildman–Crippen MR) is 173 cm³/mol. The molecule has 2 N–H and O–H groups in total. The molecule has 2 aliphatic heterocycles. The Labute approximate surface area is 259 Å². The Balaban J connectivity index is 1.13. The molecule has 3 aliphatic rings. The minimum atomic E-state index is -0.133. The van der Waals surface area contributed by atoms with E-state index in [1.807, 2.05) is 19.1 Å². The van der Waals surface area contributed by atoms with Crippen LogP contribution in [0.15, 0.2) is 54.7 Å². The SMILES string of the molecule is COc1cc(C(=O)NC2CCN(Cc3ccccc3)CC2)ccc1Nc1ncc2c(n1)N(C1CCCC1)CC(C)C(=O)N2C. The summed E-state index contributed by atoms with van der Waals surface area (Å²) in [6.45, 7) is 5.46. The van der Waals surface area contributed by atoms with Crippen LogP contribution < -0.4 is 25.2 Å². The molecule has 1 unspecified atom stereocenters. The number of piperidine rings is 1. The van der Waals surface area contributed by atoms with Crippen molar-refractivity contribution < 1.29 is 14.3 Å². The van der Waals surface area contributed by atoms with Gasteiger partial charge in [0.05, 0.1) is 24.9 Å². The Hall–Kier alpha value is -4.18. The summed E-state index contributed by atoms with van der Waals surface area (Å²) >= 11 is 0. The number of fused-ring (bicyclic) bond motifs is 1. The van der Waals surface area contributed by atoms with Crippen molar-refractivity contribution >= 4 is 35.0 Å². The highest BCUT2D eigenvalue weighted by Gasteiger charge is 2.35. The molecule has 1 saturated carbocycles. The van der Waals surface area contributed by atoms with Gasteiger partial charge in [-0.1, -0.05) is 50.1 Å². The van der Waals surface area contributed by atoms with Crippen LogP contribution in [-0.2, 0) is 11.3 Å². The zero-order chi connectivity index (χ0) is 30.6. The first kappa shape index (κ1) is 29.9. The van der Waals surface area contributed by atoms with Gasteiger partial charge in [0.25, 0.3) is 5.91 Å². The van der Waals surface area contributed by atoms with Gasteiger partial charge in [-0.05, 0) is 49.4 Å². The van der Waals surface area contributed by atoms with E-state index >= 15 is 0 Å². The number of carbonyl (C=O) groups excluding carboxylic acids is 2. The summed E-state index contributed by atoms with van der Waals surface area (Å²) in [6, 6.07) is 16.4. The van der Waals surface area contributed by atoms with E-state index in [2.05, 4.69) is 49.7 Å². The Morgan fingerprint density at radius 2 is 1.80 bits per heavy atom. The first-order chi connectivity index (χ1) is 21.4. The second-order valence-corrected chi connectivity index (χ2v) is 12.3. The van der Waals surface area contributed by atoms with E-state index in [4.69, 9.17) is 9.72 Å². The third kappa shape index (κ3) is 6.50. The second kappa shape index (κ2) is 13.2. The van der Waals surface area contributed by atoms with E-state index in [-0.39, 0.29) is 23.8 Å². The Bertz CT molecular complexity index is 1470. The number of carbonyl (C=O) groups is 2. The highest BCUT2D eigenvalue weighted by molar-refractivity contribution is 5.99. The smallest absolute Gasteiger partial charge is 0.251 e. The molecule has 232 valence electrons. The highest BCUT2D eigenvalue weighted by Crippen LogP contribution is 2.38. The summed E-state index contributed by atoms with van der Waals surface area (Å²) in [5.41, 5.74) is 3.25. The van der Waals surface area contributed by atoms with E-state index in [1.54, 1.807) is 37.4 Å². The third-order valence-corrected chi connectivity index (χ3v) is 9.25. The minimum Gasteiger partial charge on any atom is -0.495 e. The summed E-state index contributed by atoms with van der Waals surface area (Å²) in [5.74, 6) is 1.56. The third-order valence-electron chi connectivity index (χ3n) is 9.25. The summed E-state index contributed by atoms with van der Waals surface area (Å²) in [5, 5.41) is 6.52. The van der Waals surface area contributed by atoms with Crippen LogP contribution in [0.25, 0.3) is 0 Å². The quantitative estimate of drug-likeness (QED) is 0.375. The largest absolute Gasteiger partial charge is 0.495 e. The molecule has 0 bridgehead atoms. The van der Waals surface area contributed by atoms with Crippen LogP contribution in [0.1, 0.15) is 61.4 Å². The lowest BCUT2D eigenvalue weighted by Gasteiger charge is -2.32. The van der Waals surface area contributed by atoms with Crippen LogP contribution in [0.5, 0.6) is 5.75 Å². The normalized spacial score (nSPS) is 19.9. The van der Waals surface area contributed by atoms with Gasteiger partial charge >= 0.3 is 0 Å². The molecule has 44 heavy (non-hydrogen) atoms. The number of nitrogens with zero attached hydrogens (tertiary/aromatic N) is 5. The highest BCUT2D eigenvalue weighted by atomic mass is 16.5. The molecule has 1 aromatic heterocycles. The van der Waals surface area contributed by atoms with Gasteiger partial charge in [0.1, 0.15) is 11.4 Å². The number of ether oxygens (including phenoxy) is 1. The molecular formula is C34H43N7O3. The fourth-order valence-electron chi connectivity index (χ4n) is 6.72. The van der Waals surface area contributed by atoms with E-state index in [0.29, 0.717) is 35.5 Å². The van der Waals surface area contributed by atoms with Gasteiger partial charge in [0, 0.05) is 50.9 Å². The molecule has 10 nitrogen and oxygen atoms in total. The minimum absolute atomic E-state index is 0.0735. The van der Waals surface area contributed by atoms with Crippen molar-refractivity contribution in [2.45, 2.75) is 64.1 Å². The van der Waals surface area contributed by atoms with Crippen molar-refractivity contribution in [3.05, 3.63) is 65.9 Å². The molecule has 2 fully saturated rings. The number of rotatable bonds is 8. The van der Waals surface area contributed by atoms with Gasteiger partial charge in [-0.3, -0.25) is 14.5 Å². The predicted octanol–water partition coefficient (Wildman–Crippen LogP) is 4.98. The zero-order valence-corrected chi connectivity index (χ0v) is 26.0. The average molecular weight is 598 g/mol. The average Bonchev–Trinajstić information content (AvgIpc) is 3.56. The van der Waals surface area contributed by atoms with Crippen molar-refractivity contribution in [3.8, 4) is 5.75 Å². The van der Waals surface area contributed by atoms with Crippen molar-refractivity contribution in [2.24, 2.45) is 5.92 Å². The Morgan fingerprint density at radius 1 is 1.05 bits per heavy atom. The maximum Gasteiger partial charge on any atom is 0.251 e. The van der Waals surface area contributed by atoms with Crippen LogP contribution in [0.4, 0.5) is 23.1 Å². The van der Waals surface area contributed by atoms with Crippen LogP contribution >= 0.6 is 0 Å². The molecule has 2 amide bonds. The van der Waals surface area contributed by atoms with Crippen LogP contribution in [-0.4, -0.2) is 72.6 Å².